The predicted molar refractivity (Wildman–Crippen MR) is 59.6 cm³/mol. The van der Waals surface area contributed by atoms with E-state index in [-0.39, 0.29) is 12.2 Å². The summed E-state index contributed by atoms with van der Waals surface area (Å²) >= 11 is 0. The average molecular weight is 212 g/mol. The van der Waals surface area contributed by atoms with Gasteiger partial charge in [-0.2, -0.15) is 0 Å². The van der Waals surface area contributed by atoms with Crippen molar-refractivity contribution in [2.75, 3.05) is 20.6 Å². The van der Waals surface area contributed by atoms with Crippen molar-refractivity contribution in [2.45, 2.75) is 38.5 Å². The quantitative estimate of drug-likeness (QED) is 0.408. The smallest absolute Gasteiger partial charge is 0.0650 e. The highest BCUT2D eigenvalue weighted by atomic mass is 16.5. The minimum Gasteiger partial charge on any atom is -0.375 e. The molecule has 0 radical (unpaired) electrons. The molecule has 1 saturated heterocycles. The lowest BCUT2D eigenvalue weighted by molar-refractivity contribution is -0.0956. The van der Waals surface area contributed by atoms with E-state index in [0.29, 0.717) is 18.5 Å². The summed E-state index contributed by atoms with van der Waals surface area (Å²) in [4.78, 5) is 5.00. The lowest BCUT2D eigenvalue weighted by Crippen LogP contribution is -2.48. The van der Waals surface area contributed by atoms with Crippen LogP contribution in [0.15, 0.2) is 5.11 Å². The molecule has 1 aliphatic heterocycles. The number of hydrogen-bond donors (Lipinski definition) is 0. The Morgan fingerprint density at radius 1 is 1.47 bits per heavy atom. The van der Waals surface area contributed by atoms with Crippen LogP contribution in [0.1, 0.15) is 20.3 Å². The second kappa shape index (κ2) is 5.35. The van der Waals surface area contributed by atoms with Gasteiger partial charge in [-0.1, -0.05) is 12.0 Å². The van der Waals surface area contributed by atoms with E-state index in [1.165, 1.54) is 0 Å². The van der Waals surface area contributed by atoms with Crippen LogP contribution in [0.3, 0.4) is 0 Å². The first-order valence-corrected chi connectivity index (χ1v) is 5.39. The van der Waals surface area contributed by atoms with Crippen molar-refractivity contribution in [3.8, 4) is 0 Å². The molecule has 5 nitrogen and oxygen atoms in total. The maximum atomic E-state index is 8.28. The van der Waals surface area contributed by atoms with Crippen LogP contribution < -0.4 is 0 Å². The Morgan fingerprint density at radius 3 is 2.67 bits per heavy atom. The summed E-state index contributed by atoms with van der Waals surface area (Å²) in [6.45, 7) is 4.74. The normalized spacial score (nSPS) is 36.3. The summed E-state index contributed by atoms with van der Waals surface area (Å²) in [6.07, 6.45) is 1.24. The average Bonchev–Trinajstić information content (AvgIpc) is 2.19. The summed E-state index contributed by atoms with van der Waals surface area (Å²) in [5, 5.41) is 3.59. The third-order valence-electron chi connectivity index (χ3n) is 3.27. The molecule has 0 spiro atoms. The van der Waals surface area contributed by atoms with Crippen molar-refractivity contribution in [3.05, 3.63) is 10.4 Å². The standard InChI is InChI=1S/C10H20N4O/c1-7-8(2)15-9(6-12-13-11)5-10(7)14(3)4/h7-10H,5-6H2,1-4H3/t7-,8-,9-,10?/m0/s1. The number of azide groups is 1. The Balaban J connectivity index is 2.61. The van der Waals surface area contributed by atoms with Gasteiger partial charge in [0.25, 0.3) is 0 Å². The van der Waals surface area contributed by atoms with Gasteiger partial charge in [-0.15, -0.1) is 0 Å². The van der Waals surface area contributed by atoms with Crippen LogP contribution in [0.25, 0.3) is 10.4 Å². The minimum absolute atomic E-state index is 0.0690. The number of hydrogen-bond acceptors (Lipinski definition) is 3. The molecule has 1 rings (SSSR count). The zero-order valence-corrected chi connectivity index (χ0v) is 9.92. The molecule has 0 aromatic heterocycles. The molecule has 1 fully saturated rings. The Hall–Kier alpha value is -0.770. The molecular formula is C10H20N4O. The maximum absolute atomic E-state index is 8.28. The second-order valence-corrected chi connectivity index (χ2v) is 4.50. The Kier molecular flexibility index (Phi) is 4.39. The molecule has 0 bridgehead atoms. The molecule has 0 amide bonds. The molecule has 86 valence electrons. The summed E-state index contributed by atoms with van der Waals surface area (Å²) in [6, 6.07) is 0.507. The summed E-state index contributed by atoms with van der Waals surface area (Å²) in [5.74, 6) is 0.516. The van der Waals surface area contributed by atoms with Gasteiger partial charge < -0.3 is 9.64 Å². The second-order valence-electron chi connectivity index (χ2n) is 4.50. The Bertz CT molecular complexity index is 250. The fourth-order valence-electron chi connectivity index (χ4n) is 2.21. The van der Waals surface area contributed by atoms with Crippen molar-refractivity contribution < 1.29 is 4.74 Å². The van der Waals surface area contributed by atoms with Crippen molar-refractivity contribution in [2.24, 2.45) is 11.0 Å². The van der Waals surface area contributed by atoms with Gasteiger partial charge in [0, 0.05) is 11.0 Å². The molecule has 0 N–H and O–H groups in total. The number of rotatable bonds is 3. The predicted octanol–water partition coefficient (Wildman–Crippen LogP) is 2.04. The van der Waals surface area contributed by atoms with Crippen LogP contribution in [0, 0.1) is 5.92 Å². The fourth-order valence-corrected chi connectivity index (χ4v) is 2.21. The highest BCUT2D eigenvalue weighted by Crippen LogP contribution is 2.27. The molecule has 0 aromatic carbocycles. The lowest BCUT2D eigenvalue weighted by atomic mass is 9.88. The zero-order chi connectivity index (χ0) is 11.4. The molecular weight excluding hydrogens is 192 g/mol. The van der Waals surface area contributed by atoms with Gasteiger partial charge in [0.15, 0.2) is 0 Å². The molecule has 5 heteroatoms. The van der Waals surface area contributed by atoms with Crippen LogP contribution in [0.4, 0.5) is 0 Å². The number of nitrogens with zero attached hydrogens (tertiary/aromatic N) is 4. The molecule has 15 heavy (non-hydrogen) atoms. The van der Waals surface area contributed by atoms with Gasteiger partial charge in [0.2, 0.25) is 0 Å². The molecule has 1 heterocycles. The van der Waals surface area contributed by atoms with Crippen LogP contribution in [0.2, 0.25) is 0 Å². The molecule has 0 saturated carbocycles. The first-order chi connectivity index (χ1) is 7.06. The zero-order valence-electron chi connectivity index (χ0n) is 9.92. The van der Waals surface area contributed by atoms with Gasteiger partial charge in [0.05, 0.1) is 18.8 Å². The molecule has 4 atom stereocenters. The van der Waals surface area contributed by atoms with Gasteiger partial charge in [-0.25, -0.2) is 0 Å². The third-order valence-corrected chi connectivity index (χ3v) is 3.27. The Morgan fingerprint density at radius 2 is 2.13 bits per heavy atom. The van der Waals surface area contributed by atoms with E-state index in [0.717, 1.165) is 6.42 Å². The van der Waals surface area contributed by atoms with E-state index in [2.05, 4.69) is 42.9 Å². The first-order valence-electron chi connectivity index (χ1n) is 5.39. The topological polar surface area (TPSA) is 61.2 Å². The van der Waals surface area contributed by atoms with Crippen LogP contribution in [-0.4, -0.2) is 43.8 Å². The van der Waals surface area contributed by atoms with E-state index in [1.807, 2.05) is 0 Å². The first kappa shape index (κ1) is 12.3. The van der Waals surface area contributed by atoms with Gasteiger partial charge in [-0.3, -0.25) is 0 Å². The third kappa shape index (κ3) is 3.09. The summed E-state index contributed by atoms with van der Waals surface area (Å²) in [5.41, 5.74) is 8.28. The highest BCUT2D eigenvalue weighted by Gasteiger charge is 2.34. The fraction of sp³-hybridized carbons (Fsp3) is 1.00. The summed E-state index contributed by atoms with van der Waals surface area (Å²) < 4.78 is 5.79. The van der Waals surface area contributed by atoms with Gasteiger partial charge in [-0.05, 0) is 38.9 Å². The maximum Gasteiger partial charge on any atom is 0.0650 e. The monoisotopic (exact) mass is 212 g/mol. The van der Waals surface area contributed by atoms with Crippen molar-refractivity contribution >= 4 is 0 Å². The molecule has 1 aliphatic rings. The molecule has 1 unspecified atom stereocenters. The van der Waals surface area contributed by atoms with E-state index in [4.69, 9.17) is 10.3 Å². The molecule has 0 aliphatic carbocycles. The van der Waals surface area contributed by atoms with Crippen molar-refractivity contribution in [3.63, 3.8) is 0 Å². The lowest BCUT2D eigenvalue weighted by Gasteiger charge is -2.41. The largest absolute Gasteiger partial charge is 0.375 e. The van der Waals surface area contributed by atoms with Crippen molar-refractivity contribution in [1.82, 2.24) is 4.90 Å². The molecule has 0 aromatic rings. The SMILES string of the molecule is C[C@@H]1O[C@H](CN=[N+]=[N-])CC(N(C)C)[C@H]1C. The van der Waals surface area contributed by atoms with E-state index >= 15 is 0 Å². The number of ether oxygens (including phenoxy) is 1. The summed E-state index contributed by atoms with van der Waals surface area (Å²) in [7, 11) is 4.17. The van der Waals surface area contributed by atoms with Crippen molar-refractivity contribution in [1.29, 1.82) is 0 Å². The van der Waals surface area contributed by atoms with Crippen LogP contribution in [-0.2, 0) is 4.74 Å². The van der Waals surface area contributed by atoms with Crippen LogP contribution >= 0.6 is 0 Å². The Labute approximate surface area is 91.0 Å². The highest BCUT2D eigenvalue weighted by molar-refractivity contribution is 4.86. The minimum atomic E-state index is 0.0690. The van der Waals surface area contributed by atoms with Crippen LogP contribution in [0.5, 0.6) is 0 Å². The van der Waals surface area contributed by atoms with E-state index < -0.39 is 0 Å². The van der Waals surface area contributed by atoms with Gasteiger partial charge >= 0.3 is 0 Å². The van der Waals surface area contributed by atoms with Gasteiger partial charge in [0.1, 0.15) is 0 Å². The van der Waals surface area contributed by atoms with E-state index in [9.17, 15) is 0 Å². The van der Waals surface area contributed by atoms with E-state index in [1.54, 1.807) is 0 Å².